The lowest BCUT2D eigenvalue weighted by atomic mass is 9.87. The van der Waals surface area contributed by atoms with Gasteiger partial charge in [0.25, 0.3) is 5.69 Å². The van der Waals surface area contributed by atoms with Gasteiger partial charge >= 0.3 is 0 Å². The number of benzene rings is 5. The predicted molar refractivity (Wildman–Crippen MR) is 160 cm³/mol. The predicted octanol–water partition coefficient (Wildman–Crippen LogP) is 8.20. The van der Waals surface area contributed by atoms with E-state index in [0.717, 1.165) is 16.7 Å². The number of nitrogens with zero attached hydrogens (tertiary/aromatic N) is 1. The van der Waals surface area contributed by atoms with Crippen LogP contribution in [0.25, 0.3) is 33.4 Å². The molecule has 0 saturated heterocycles. The lowest BCUT2D eigenvalue weighted by Gasteiger charge is -2.21. The van der Waals surface area contributed by atoms with Gasteiger partial charge in [0, 0.05) is 17.7 Å². The normalized spacial score (nSPS) is 10.6. The number of rotatable bonds is 10. The van der Waals surface area contributed by atoms with Crippen LogP contribution in [0.15, 0.2) is 109 Å². The van der Waals surface area contributed by atoms with Crippen LogP contribution >= 0.6 is 0 Å². The fourth-order valence-corrected chi connectivity index (χ4v) is 4.80. The van der Waals surface area contributed by atoms with Crippen molar-refractivity contribution >= 4 is 5.69 Å². The van der Waals surface area contributed by atoms with Gasteiger partial charge in [-0.2, -0.15) is 0 Å². The van der Waals surface area contributed by atoms with Gasteiger partial charge in [-0.3, -0.25) is 10.1 Å². The molecule has 0 aliphatic rings. The quantitative estimate of drug-likeness (QED) is 0.130. The zero-order chi connectivity index (χ0) is 28.8. The molecular weight excluding hydrogens is 518 g/mol. The van der Waals surface area contributed by atoms with Crippen molar-refractivity contribution in [3.05, 3.63) is 125 Å². The third-order valence-corrected chi connectivity index (χ3v) is 6.82. The van der Waals surface area contributed by atoms with E-state index in [1.165, 1.54) is 6.07 Å². The molecule has 41 heavy (non-hydrogen) atoms. The van der Waals surface area contributed by atoms with Gasteiger partial charge in [-0.1, -0.05) is 66.7 Å². The molecule has 0 unspecified atom stereocenters. The molecule has 0 atom stereocenters. The second kappa shape index (κ2) is 12.3. The van der Waals surface area contributed by atoms with Crippen molar-refractivity contribution in [3.63, 3.8) is 0 Å². The van der Waals surface area contributed by atoms with E-state index in [1.807, 2.05) is 91.0 Å². The molecule has 0 N–H and O–H groups in total. The highest BCUT2D eigenvalue weighted by Gasteiger charge is 2.27. The van der Waals surface area contributed by atoms with Crippen LogP contribution in [-0.4, -0.2) is 26.3 Å². The number of methoxy groups -OCH3 is 3. The van der Waals surface area contributed by atoms with E-state index >= 15 is 0 Å². The van der Waals surface area contributed by atoms with Crippen LogP contribution in [0, 0.1) is 10.1 Å². The Hall–Kier alpha value is -5.30. The monoisotopic (exact) mass is 547 g/mol. The van der Waals surface area contributed by atoms with Crippen molar-refractivity contribution in [1.82, 2.24) is 0 Å². The van der Waals surface area contributed by atoms with Gasteiger partial charge < -0.3 is 18.9 Å². The number of hydrogen-bond donors (Lipinski definition) is 0. The third kappa shape index (κ3) is 5.84. The van der Waals surface area contributed by atoms with E-state index < -0.39 is 0 Å². The Morgan fingerprint density at radius 1 is 0.610 bits per heavy atom. The summed E-state index contributed by atoms with van der Waals surface area (Å²) in [6.07, 6.45) is 0. The van der Waals surface area contributed by atoms with Crippen LogP contribution in [0.3, 0.4) is 0 Å². The van der Waals surface area contributed by atoms with Gasteiger partial charge in [0.2, 0.25) is 0 Å². The van der Waals surface area contributed by atoms with Gasteiger partial charge in [0.1, 0.15) is 29.6 Å². The lowest BCUT2D eigenvalue weighted by molar-refractivity contribution is -0.384. The van der Waals surface area contributed by atoms with E-state index in [4.69, 9.17) is 18.9 Å². The molecule has 0 heterocycles. The van der Waals surface area contributed by atoms with Gasteiger partial charge in [-0.05, 0) is 58.1 Å². The minimum Gasteiger partial charge on any atom is -0.497 e. The highest BCUT2D eigenvalue weighted by molar-refractivity contribution is 5.99. The van der Waals surface area contributed by atoms with Crippen LogP contribution < -0.4 is 18.9 Å². The van der Waals surface area contributed by atoms with Crippen LogP contribution in [0.1, 0.15) is 5.56 Å². The Kier molecular flexibility index (Phi) is 8.15. The van der Waals surface area contributed by atoms with Crippen LogP contribution in [-0.2, 0) is 6.61 Å². The first-order chi connectivity index (χ1) is 20.0. The van der Waals surface area contributed by atoms with Gasteiger partial charge in [0.05, 0.1) is 31.8 Å². The zero-order valence-corrected chi connectivity index (χ0v) is 23.0. The third-order valence-electron chi connectivity index (χ3n) is 6.82. The highest BCUT2D eigenvalue weighted by Crippen LogP contribution is 2.49. The fraction of sp³-hybridized carbons (Fsp3) is 0.118. The number of hydrogen-bond acceptors (Lipinski definition) is 6. The summed E-state index contributed by atoms with van der Waals surface area (Å²) in [4.78, 5) is 12.2. The van der Waals surface area contributed by atoms with Gasteiger partial charge in [0.15, 0.2) is 0 Å². The molecule has 0 radical (unpaired) electrons. The van der Waals surface area contributed by atoms with Gasteiger partial charge in [-0.25, -0.2) is 0 Å². The summed E-state index contributed by atoms with van der Waals surface area (Å²) in [7, 11) is 4.78. The second-order valence-electron chi connectivity index (χ2n) is 9.24. The smallest absolute Gasteiger partial charge is 0.277 e. The Balaban J connectivity index is 1.83. The van der Waals surface area contributed by atoms with E-state index in [2.05, 4.69) is 0 Å². The summed E-state index contributed by atoms with van der Waals surface area (Å²) in [5.74, 6) is 2.36. The Bertz CT molecular complexity index is 1670. The minimum absolute atomic E-state index is 0.0465. The molecule has 5 aromatic carbocycles. The number of nitro groups is 1. The second-order valence-corrected chi connectivity index (χ2v) is 9.24. The molecular formula is C34H29NO6. The summed E-state index contributed by atoms with van der Waals surface area (Å²) < 4.78 is 23.0. The summed E-state index contributed by atoms with van der Waals surface area (Å²) in [6, 6.07) is 33.5. The lowest BCUT2D eigenvalue weighted by Crippen LogP contribution is -2.02. The average molecular weight is 548 g/mol. The Morgan fingerprint density at radius 2 is 1.32 bits per heavy atom. The Labute approximate surface area is 238 Å². The summed E-state index contributed by atoms with van der Waals surface area (Å²) in [6.45, 7) is 0.262. The van der Waals surface area contributed by atoms with Gasteiger partial charge in [-0.15, -0.1) is 0 Å². The topological polar surface area (TPSA) is 80.1 Å². The minimum atomic E-state index is -0.359. The van der Waals surface area contributed by atoms with Crippen molar-refractivity contribution in [2.45, 2.75) is 6.61 Å². The van der Waals surface area contributed by atoms with Crippen molar-refractivity contribution in [2.75, 3.05) is 21.3 Å². The van der Waals surface area contributed by atoms with Crippen molar-refractivity contribution in [1.29, 1.82) is 0 Å². The largest absolute Gasteiger partial charge is 0.497 e. The number of ether oxygens (including phenoxy) is 4. The van der Waals surface area contributed by atoms with Crippen LogP contribution in [0.5, 0.6) is 23.0 Å². The van der Waals surface area contributed by atoms with Crippen molar-refractivity contribution < 1.29 is 23.9 Å². The molecule has 0 amide bonds. The first-order valence-electron chi connectivity index (χ1n) is 13.0. The molecule has 0 spiro atoms. The number of nitro benzene ring substituents is 1. The van der Waals surface area contributed by atoms with Crippen LogP contribution in [0.4, 0.5) is 5.69 Å². The molecule has 7 nitrogen and oxygen atoms in total. The molecule has 5 aromatic rings. The van der Waals surface area contributed by atoms with Crippen LogP contribution in [0.2, 0.25) is 0 Å². The maximum Gasteiger partial charge on any atom is 0.277 e. The summed E-state index contributed by atoms with van der Waals surface area (Å²) >= 11 is 0. The standard InChI is InChI=1S/C34H29NO6/c1-38-26-17-15-24(16-18-26)30-20-28(40-3)21-32(41-22-23-9-5-4-6-10-23)34(30)33-29(13-8-14-31(33)35(36)37)25-11-7-12-27(19-25)39-2/h4-21H,22H2,1-3H3. The van der Waals surface area contributed by atoms with Crippen molar-refractivity contribution in [2.24, 2.45) is 0 Å². The molecule has 5 rings (SSSR count). The zero-order valence-electron chi connectivity index (χ0n) is 23.0. The molecule has 0 saturated carbocycles. The van der Waals surface area contributed by atoms with E-state index in [0.29, 0.717) is 45.3 Å². The molecule has 206 valence electrons. The SMILES string of the molecule is COc1ccc(-c2cc(OC)cc(OCc3ccccc3)c2-c2c(-c3cccc(OC)c3)cccc2[N+](=O)[O-])cc1. The molecule has 0 aliphatic heterocycles. The maximum atomic E-state index is 12.5. The van der Waals surface area contributed by atoms with E-state index in [9.17, 15) is 10.1 Å². The summed E-state index contributed by atoms with van der Waals surface area (Å²) in [5.41, 5.74) is 4.90. The van der Waals surface area contributed by atoms with E-state index in [-0.39, 0.29) is 17.2 Å². The van der Waals surface area contributed by atoms with Crippen molar-refractivity contribution in [3.8, 4) is 56.4 Å². The maximum absolute atomic E-state index is 12.5. The highest BCUT2D eigenvalue weighted by atomic mass is 16.6. The fourth-order valence-electron chi connectivity index (χ4n) is 4.80. The molecule has 0 bridgehead atoms. The molecule has 0 aromatic heterocycles. The summed E-state index contributed by atoms with van der Waals surface area (Å²) in [5, 5.41) is 12.5. The molecule has 0 aliphatic carbocycles. The average Bonchev–Trinajstić information content (AvgIpc) is 3.03. The first kappa shape index (κ1) is 27.3. The Morgan fingerprint density at radius 3 is 2.00 bits per heavy atom. The molecule has 0 fully saturated rings. The molecule has 7 heteroatoms. The van der Waals surface area contributed by atoms with E-state index in [1.54, 1.807) is 33.5 Å². The first-order valence-corrected chi connectivity index (χ1v) is 13.0.